The Hall–Kier alpha value is -3.08. The van der Waals surface area contributed by atoms with Crippen molar-refractivity contribution in [3.05, 3.63) is 28.8 Å². The Morgan fingerprint density at radius 1 is 1.31 bits per heavy atom. The van der Waals surface area contributed by atoms with Crippen molar-refractivity contribution < 1.29 is 23.9 Å². The standard InChI is InChI=1S/C21H27N5O5S/c1-21(8-7-14(32-21)17(28)23-2)15-6-4-5-9-26(15)20(30)18(29)25-12-10-13(16(22)27)19(31-3)24-11-12/h7,10-11,15H,4-6,8-9H2,1-3H3,(H2,22,27)(H,23,28)(H,25,29)/t15-,21?/m0/s1. The van der Waals surface area contributed by atoms with Gasteiger partial charge in [0.1, 0.15) is 5.56 Å². The van der Waals surface area contributed by atoms with Crippen molar-refractivity contribution in [1.82, 2.24) is 15.2 Å². The Bertz CT molecular complexity index is 981. The van der Waals surface area contributed by atoms with Crippen LogP contribution >= 0.6 is 11.8 Å². The zero-order chi connectivity index (χ0) is 23.5. The number of likely N-dealkylation sites (N-methyl/N-ethyl adjacent to an activating group) is 1. The monoisotopic (exact) mass is 461 g/mol. The first-order valence-electron chi connectivity index (χ1n) is 10.3. The topological polar surface area (TPSA) is 144 Å². The molecule has 172 valence electrons. The van der Waals surface area contributed by atoms with Gasteiger partial charge in [-0.2, -0.15) is 0 Å². The number of nitrogens with two attached hydrogens (primary N) is 1. The summed E-state index contributed by atoms with van der Waals surface area (Å²) in [6.07, 6.45) is 6.27. The van der Waals surface area contributed by atoms with Crippen LogP contribution in [0.25, 0.3) is 0 Å². The first-order chi connectivity index (χ1) is 15.2. The van der Waals surface area contributed by atoms with Crippen molar-refractivity contribution in [3.8, 4) is 5.88 Å². The van der Waals surface area contributed by atoms with Gasteiger partial charge in [0.15, 0.2) is 0 Å². The third-order valence-corrected chi connectivity index (χ3v) is 7.19. The number of likely N-dealkylation sites (tertiary alicyclic amines) is 1. The van der Waals surface area contributed by atoms with E-state index in [1.54, 1.807) is 11.9 Å². The van der Waals surface area contributed by atoms with E-state index in [2.05, 4.69) is 15.6 Å². The largest absolute Gasteiger partial charge is 0.480 e. The predicted molar refractivity (Wildman–Crippen MR) is 120 cm³/mol. The number of piperidine rings is 1. The van der Waals surface area contributed by atoms with Gasteiger partial charge in [-0.3, -0.25) is 19.2 Å². The number of aromatic nitrogens is 1. The number of anilines is 1. The van der Waals surface area contributed by atoms with Crippen LogP contribution in [0, 0.1) is 0 Å². The van der Waals surface area contributed by atoms with E-state index in [1.165, 1.54) is 31.1 Å². The lowest BCUT2D eigenvalue weighted by atomic mass is 9.88. The first-order valence-corrected chi connectivity index (χ1v) is 11.1. The maximum Gasteiger partial charge on any atom is 0.313 e. The van der Waals surface area contributed by atoms with Gasteiger partial charge in [0, 0.05) is 24.4 Å². The number of allylic oxidation sites excluding steroid dienone is 1. The fourth-order valence-corrected chi connectivity index (χ4v) is 5.49. The van der Waals surface area contributed by atoms with Crippen LogP contribution in [0.15, 0.2) is 23.2 Å². The van der Waals surface area contributed by atoms with Gasteiger partial charge in [-0.05, 0) is 38.7 Å². The molecule has 3 heterocycles. The zero-order valence-electron chi connectivity index (χ0n) is 18.3. The van der Waals surface area contributed by atoms with Crippen molar-refractivity contribution in [2.75, 3.05) is 26.0 Å². The second kappa shape index (κ2) is 9.60. The number of carbonyl (C=O) groups excluding carboxylic acids is 4. The summed E-state index contributed by atoms with van der Waals surface area (Å²) in [7, 11) is 2.93. The third-order valence-electron chi connectivity index (χ3n) is 5.72. The number of amides is 4. The maximum absolute atomic E-state index is 13.1. The van der Waals surface area contributed by atoms with Crippen LogP contribution in [-0.2, 0) is 14.4 Å². The number of carbonyl (C=O) groups is 4. The van der Waals surface area contributed by atoms with Crippen LogP contribution in [0.5, 0.6) is 5.88 Å². The molecule has 2 aliphatic rings. The molecule has 2 aliphatic heterocycles. The van der Waals surface area contributed by atoms with Gasteiger partial charge in [-0.15, -0.1) is 11.8 Å². The van der Waals surface area contributed by atoms with Crippen LogP contribution in [0.3, 0.4) is 0 Å². The highest BCUT2D eigenvalue weighted by molar-refractivity contribution is 8.05. The summed E-state index contributed by atoms with van der Waals surface area (Å²) in [5, 5.41) is 5.13. The summed E-state index contributed by atoms with van der Waals surface area (Å²) in [5.41, 5.74) is 5.49. The number of hydrogen-bond donors (Lipinski definition) is 3. The quantitative estimate of drug-likeness (QED) is 0.556. The minimum atomic E-state index is -0.828. The van der Waals surface area contributed by atoms with Gasteiger partial charge in [-0.1, -0.05) is 6.08 Å². The number of nitrogens with one attached hydrogen (secondary N) is 2. The van der Waals surface area contributed by atoms with Crippen molar-refractivity contribution in [2.45, 2.75) is 43.4 Å². The molecule has 0 aromatic carbocycles. The molecular formula is C21H27N5O5S. The Morgan fingerprint density at radius 2 is 2.06 bits per heavy atom. The van der Waals surface area contributed by atoms with E-state index in [0.717, 1.165) is 19.3 Å². The van der Waals surface area contributed by atoms with E-state index < -0.39 is 22.5 Å². The molecule has 0 aliphatic carbocycles. The van der Waals surface area contributed by atoms with Crippen LogP contribution in [-0.4, -0.2) is 65.0 Å². The minimum Gasteiger partial charge on any atom is -0.480 e. The summed E-state index contributed by atoms with van der Waals surface area (Å²) in [5.74, 6) is -2.38. The second-order valence-electron chi connectivity index (χ2n) is 7.88. The van der Waals surface area contributed by atoms with Crippen LogP contribution < -0.4 is 21.1 Å². The second-order valence-corrected chi connectivity index (χ2v) is 9.45. The molecule has 1 fully saturated rings. The van der Waals surface area contributed by atoms with E-state index in [1.807, 2.05) is 13.0 Å². The normalized spacial score (nSPS) is 22.7. The summed E-state index contributed by atoms with van der Waals surface area (Å²) in [6, 6.07) is 1.12. The molecule has 32 heavy (non-hydrogen) atoms. The van der Waals surface area contributed by atoms with Gasteiger partial charge in [0.2, 0.25) is 5.88 Å². The van der Waals surface area contributed by atoms with Crippen molar-refractivity contribution in [3.63, 3.8) is 0 Å². The molecule has 1 saturated heterocycles. The minimum absolute atomic E-state index is 0.00345. The van der Waals surface area contributed by atoms with Gasteiger partial charge >= 0.3 is 11.8 Å². The highest BCUT2D eigenvalue weighted by atomic mass is 32.2. The molecule has 10 nitrogen and oxygen atoms in total. The molecule has 0 saturated carbocycles. The third kappa shape index (κ3) is 4.72. The van der Waals surface area contributed by atoms with Crippen LogP contribution in [0.1, 0.15) is 43.0 Å². The summed E-state index contributed by atoms with van der Waals surface area (Å²) < 4.78 is 4.59. The van der Waals surface area contributed by atoms with Crippen LogP contribution in [0.2, 0.25) is 0 Å². The molecule has 4 amide bonds. The van der Waals surface area contributed by atoms with Gasteiger partial charge < -0.3 is 26.0 Å². The predicted octanol–water partition coefficient (Wildman–Crippen LogP) is 1.03. The molecule has 1 aromatic heterocycles. The molecule has 11 heteroatoms. The SMILES string of the molecule is CNC(=O)C1=CCC(C)([C@@H]2CCCCN2C(=O)C(=O)Nc2cnc(OC)c(C(N)=O)c2)S1. The molecule has 0 bridgehead atoms. The molecule has 0 spiro atoms. The fraction of sp³-hybridized carbons (Fsp3) is 0.476. The summed E-state index contributed by atoms with van der Waals surface area (Å²) in [6.45, 7) is 2.47. The fourth-order valence-electron chi connectivity index (χ4n) is 4.08. The Balaban J connectivity index is 1.75. The molecule has 1 aromatic rings. The number of nitrogens with zero attached hydrogens (tertiary/aromatic N) is 2. The molecule has 0 radical (unpaired) electrons. The zero-order valence-corrected chi connectivity index (χ0v) is 19.1. The average molecular weight is 462 g/mol. The molecule has 4 N–H and O–H groups in total. The van der Waals surface area contributed by atoms with E-state index in [4.69, 9.17) is 10.5 Å². The van der Waals surface area contributed by atoms with E-state index in [0.29, 0.717) is 17.9 Å². The number of primary amides is 1. The van der Waals surface area contributed by atoms with Crippen molar-refractivity contribution in [1.29, 1.82) is 0 Å². The van der Waals surface area contributed by atoms with Gasteiger partial charge in [0.25, 0.3) is 11.8 Å². The number of hydrogen-bond acceptors (Lipinski definition) is 7. The lowest BCUT2D eigenvalue weighted by molar-refractivity contribution is -0.146. The van der Waals surface area contributed by atoms with E-state index in [9.17, 15) is 19.2 Å². The summed E-state index contributed by atoms with van der Waals surface area (Å²) >= 11 is 1.45. The number of ether oxygens (including phenoxy) is 1. The lowest BCUT2D eigenvalue weighted by Crippen LogP contribution is -2.55. The Morgan fingerprint density at radius 3 is 2.72 bits per heavy atom. The summed E-state index contributed by atoms with van der Waals surface area (Å²) in [4.78, 5) is 55.7. The number of thioether (sulfide) groups is 1. The van der Waals surface area contributed by atoms with Gasteiger partial charge in [-0.25, -0.2) is 4.98 Å². The molecule has 1 unspecified atom stereocenters. The molecule has 2 atom stereocenters. The van der Waals surface area contributed by atoms with Crippen LogP contribution in [0.4, 0.5) is 5.69 Å². The lowest BCUT2D eigenvalue weighted by Gasteiger charge is -2.44. The van der Waals surface area contributed by atoms with E-state index >= 15 is 0 Å². The van der Waals surface area contributed by atoms with Crippen molar-refractivity contribution in [2.24, 2.45) is 5.73 Å². The molecule has 3 rings (SSSR count). The van der Waals surface area contributed by atoms with E-state index in [-0.39, 0.29) is 29.1 Å². The average Bonchev–Trinajstić information content (AvgIpc) is 3.21. The highest BCUT2D eigenvalue weighted by Gasteiger charge is 2.46. The number of methoxy groups -OCH3 is 1. The number of pyridine rings is 1. The first kappa shape index (κ1) is 23.6. The smallest absolute Gasteiger partial charge is 0.313 e. The van der Waals surface area contributed by atoms with Gasteiger partial charge in [0.05, 0.1) is 23.9 Å². The highest BCUT2D eigenvalue weighted by Crippen LogP contribution is 2.48. The molecular weight excluding hydrogens is 434 g/mol. The van der Waals surface area contributed by atoms with Crippen molar-refractivity contribution >= 4 is 41.1 Å². The Labute approximate surface area is 190 Å². The number of rotatable bonds is 5. The maximum atomic E-state index is 13.1. The Kier molecular flexibility index (Phi) is 7.07.